The standard InChI is InChI=1S/C15H19F3N2O3/c1-11(21)20(10-14(22)19-7-4-8-23-2)13-6-3-5-12(9-13)15(16,17)18/h3,5-6,9H,4,7-8,10H2,1-2H3,(H,19,22). The Morgan fingerprint density at radius 2 is 2.00 bits per heavy atom. The van der Waals surface area contributed by atoms with Crippen molar-refractivity contribution in [3.63, 3.8) is 0 Å². The number of alkyl halides is 3. The van der Waals surface area contributed by atoms with Gasteiger partial charge < -0.3 is 15.0 Å². The quantitative estimate of drug-likeness (QED) is 0.779. The van der Waals surface area contributed by atoms with E-state index in [1.165, 1.54) is 26.2 Å². The molecule has 0 unspecified atom stereocenters. The third-order valence-corrected chi connectivity index (χ3v) is 3.01. The third-order valence-electron chi connectivity index (χ3n) is 3.01. The molecule has 0 fully saturated rings. The predicted molar refractivity (Wildman–Crippen MR) is 79.0 cm³/mol. The van der Waals surface area contributed by atoms with E-state index >= 15 is 0 Å². The number of carbonyl (C=O) groups excluding carboxylic acids is 2. The summed E-state index contributed by atoms with van der Waals surface area (Å²) in [6, 6.07) is 4.31. The number of nitrogens with one attached hydrogen (secondary N) is 1. The van der Waals surface area contributed by atoms with Crippen LogP contribution in [-0.4, -0.2) is 38.6 Å². The van der Waals surface area contributed by atoms with Crippen molar-refractivity contribution in [1.29, 1.82) is 0 Å². The Hall–Kier alpha value is -2.09. The minimum Gasteiger partial charge on any atom is -0.385 e. The molecule has 0 radical (unpaired) electrons. The first-order valence-electron chi connectivity index (χ1n) is 6.96. The molecule has 128 valence electrons. The van der Waals surface area contributed by atoms with Crippen LogP contribution in [0.5, 0.6) is 0 Å². The zero-order valence-corrected chi connectivity index (χ0v) is 12.9. The number of anilines is 1. The number of amides is 2. The summed E-state index contributed by atoms with van der Waals surface area (Å²) in [5.74, 6) is -0.968. The summed E-state index contributed by atoms with van der Waals surface area (Å²) in [6.45, 7) is 1.69. The fraction of sp³-hybridized carbons (Fsp3) is 0.467. The number of ether oxygens (including phenoxy) is 1. The molecule has 1 aromatic carbocycles. The number of halogens is 3. The van der Waals surface area contributed by atoms with Gasteiger partial charge in [-0.15, -0.1) is 0 Å². The van der Waals surface area contributed by atoms with E-state index in [1.807, 2.05) is 0 Å². The van der Waals surface area contributed by atoms with Crippen molar-refractivity contribution < 1.29 is 27.5 Å². The molecule has 0 aliphatic rings. The van der Waals surface area contributed by atoms with Crippen molar-refractivity contribution in [3.05, 3.63) is 29.8 Å². The summed E-state index contributed by atoms with van der Waals surface area (Å²) in [5.41, 5.74) is -0.846. The lowest BCUT2D eigenvalue weighted by Gasteiger charge is -2.21. The first-order valence-corrected chi connectivity index (χ1v) is 6.96. The average Bonchev–Trinajstić information content (AvgIpc) is 2.48. The molecule has 0 aromatic heterocycles. The van der Waals surface area contributed by atoms with Gasteiger partial charge in [0, 0.05) is 32.9 Å². The Morgan fingerprint density at radius 1 is 1.30 bits per heavy atom. The number of benzene rings is 1. The van der Waals surface area contributed by atoms with E-state index in [9.17, 15) is 22.8 Å². The van der Waals surface area contributed by atoms with Gasteiger partial charge in [-0.3, -0.25) is 9.59 Å². The highest BCUT2D eigenvalue weighted by Gasteiger charge is 2.31. The van der Waals surface area contributed by atoms with E-state index in [4.69, 9.17) is 4.74 Å². The van der Waals surface area contributed by atoms with Crippen LogP contribution >= 0.6 is 0 Å². The Labute approximate surface area is 132 Å². The monoisotopic (exact) mass is 332 g/mol. The highest BCUT2D eigenvalue weighted by Crippen LogP contribution is 2.31. The molecule has 23 heavy (non-hydrogen) atoms. The van der Waals surface area contributed by atoms with Gasteiger partial charge in [-0.1, -0.05) is 6.07 Å². The van der Waals surface area contributed by atoms with Crippen molar-refractivity contribution >= 4 is 17.5 Å². The molecule has 2 amide bonds. The molecule has 5 nitrogen and oxygen atoms in total. The van der Waals surface area contributed by atoms with E-state index in [0.29, 0.717) is 19.6 Å². The molecule has 0 aliphatic heterocycles. The maximum absolute atomic E-state index is 12.7. The van der Waals surface area contributed by atoms with Gasteiger partial charge >= 0.3 is 6.18 Å². The Balaban J connectivity index is 2.79. The lowest BCUT2D eigenvalue weighted by Crippen LogP contribution is -2.40. The van der Waals surface area contributed by atoms with Gasteiger partial charge in [-0.05, 0) is 24.6 Å². The van der Waals surface area contributed by atoms with Crippen molar-refractivity contribution in [2.45, 2.75) is 19.5 Å². The average molecular weight is 332 g/mol. The molecular formula is C15H19F3N2O3. The zero-order valence-electron chi connectivity index (χ0n) is 12.9. The van der Waals surface area contributed by atoms with Gasteiger partial charge in [0.2, 0.25) is 11.8 Å². The molecule has 0 atom stereocenters. The fourth-order valence-electron chi connectivity index (χ4n) is 1.88. The van der Waals surface area contributed by atoms with E-state index in [2.05, 4.69) is 5.32 Å². The zero-order chi connectivity index (χ0) is 17.5. The number of methoxy groups -OCH3 is 1. The van der Waals surface area contributed by atoms with E-state index in [-0.39, 0.29) is 12.2 Å². The topological polar surface area (TPSA) is 58.6 Å². The highest BCUT2D eigenvalue weighted by molar-refractivity contribution is 5.97. The maximum Gasteiger partial charge on any atom is 0.416 e. The minimum atomic E-state index is -4.51. The van der Waals surface area contributed by atoms with Gasteiger partial charge in [0.05, 0.1) is 5.56 Å². The van der Waals surface area contributed by atoms with Gasteiger partial charge in [0.1, 0.15) is 6.54 Å². The first kappa shape index (κ1) is 19.0. The van der Waals surface area contributed by atoms with Gasteiger partial charge in [0.25, 0.3) is 0 Å². The second-order valence-corrected chi connectivity index (χ2v) is 4.85. The Kier molecular flexibility index (Phi) is 7.02. The molecule has 0 bridgehead atoms. The summed E-state index contributed by atoms with van der Waals surface area (Å²) >= 11 is 0. The molecule has 0 saturated heterocycles. The van der Waals surface area contributed by atoms with Crippen LogP contribution < -0.4 is 10.2 Å². The van der Waals surface area contributed by atoms with Crippen LogP contribution in [0.25, 0.3) is 0 Å². The van der Waals surface area contributed by atoms with Crippen LogP contribution in [-0.2, 0) is 20.5 Å². The van der Waals surface area contributed by atoms with Crippen LogP contribution in [0, 0.1) is 0 Å². The van der Waals surface area contributed by atoms with Gasteiger partial charge in [-0.25, -0.2) is 0 Å². The summed E-state index contributed by atoms with van der Waals surface area (Å²) in [5, 5.41) is 2.58. The van der Waals surface area contributed by atoms with E-state index < -0.39 is 23.6 Å². The largest absolute Gasteiger partial charge is 0.416 e. The van der Waals surface area contributed by atoms with Crippen molar-refractivity contribution in [1.82, 2.24) is 5.32 Å². The molecular weight excluding hydrogens is 313 g/mol. The number of nitrogens with zero attached hydrogens (tertiary/aromatic N) is 1. The minimum absolute atomic E-state index is 0.0272. The molecule has 0 saturated carbocycles. The van der Waals surface area contributed by atoms with Crippen LogP contribution in [0.2, 0.25) is 0 Å². The van der Waals surface area contributed by atoms with Crippen LogP contribution in [0.4, 0.5) is 18.9 Å². The van der Waals surface area contributed by atoms with Crippen LogP contribution in [0.15, 0.2) is 24.3 Å². The number of carbonyl (C=O) groups is 2. The highest BCUT2D eigenvalue weighted by atomic mass is 19.4. The van der Waals surface area contributed by atoms with E-state index in [1.54, 1.807) is 0 Å². The molecule has 1 aromatic rings. The van der Waals surface area contributed by atoms with Crippen LogP contribution in [0.1, 0.15) is 18.9 Å². The molecule has 8 heteroatoms. The second-order valence-electron chi connectivity index (χ2n) is 4.85. The Bertz CT molecular complexity index is 547. The maximum atomic E-state index is 12.7. The SMILES string of the molecule is COCCCNC(=O)CN(C(C)=O)c1cccc(C(F)(F)F)c1. The number of hydrogen-bond acceptors (Lipinski definition) is 3. The fourth-order valence-corrected chi connectivity index (χ4v) is 1.88. The second kappa shape index (κ2) is 8.52. The molecule has 0 spiro atoms. The van der Waals surface area contributed by atoms with E-state index in [0.717, 1.165) is 17.0 Å². The number of rotatable bonds is 7. The molecule has 1 N–H and O–H groups in total. The van der Waals surface area contributed by atoms with Gasteiger partial charge in [0.15, 0.2) is 0 Å². The normalized spacial score (nSPS) is 11.2. The van der Waals surface area contributed by atoms with Crippen molar-refractivity contribution in [2.24, 2.45) is 0 Å². The lowest BCUT2D eigenvalue weighted by atomic mass is 10.1. The van der Waals surface area contributed by atoms with Crippen molar-refractivity contribution in [2.75, 3.05) is 31.7 Å². The molecule has 0 heterocycles. The van der Waals surface area contributed by atoms with Crippen LogP contribution in [0.3, 0.4) is 0 Å². The number of hydrogen-bond donors (Lipinski definition) is 1. The Morgan fingerprint density at radius 3 is 2.57 bits per heavy atom. The molecule has 0 aliphatic carbocycles. The summed E-state index contributed by atoms with van der Waals surface area (Å²) in [4.78, 5) is 24.5. The first-order chi connectivity index (χ1) is 10.8. The summed E-state index contributed by atoms with van der Waals surface area (Å²) < 4.78 is 43.1. The lowest BCUT2D eigenvalue weighted by molar-refractivity contribution is -0.137. The van der Waals surface area contributed by atoms with Gasteiger partial charge in [-0.2, -0.15) is 13.2 Å². The summed E-state index contributed by atoms with van der Waals surface area (Å²) in [6.07, 6.45) is -3.91. The third kappa shape index (κ3) is 6.27. The predicted octanol–water partition coefficient (Wildman–Crippen LogP) is 2.21. The smallest absolute Gasteiger partial charge is 0.385 e. The molecule has 1 rings (SSSR count). The van der Waals surface area contributed by atoms with Crippen molar-refractivity contribution in [3.8, 4) is 0 Å². The summed E-state index contributed by atoms with van der Waals surface area (Å²) in [7, 11) is 1.53.